The highest BCUT2D eigenvalue weighted by molar-refractivity contribution is 7.92. The van der Waals surface area contributed by atoms with Crippen molar-refractivity contribution in [3.63, 3.8) is 0 Å². The highest BCUT2D eigenvalue weighted by Gasteiger charge is 2.32. The Hall–Kier alpha value is -2.34. The zero-order chi connectivity index (χ0) is 21.6. The van der Waals surface area contributed by atoms with Crippen LogP contribution in [0, 0.1) is 13.8 Å². The molecule has 0 fully saturated rings. The van der Waals surface area contributed by atoms with Crippen LogP contribution in [0.25, 0.3) is 0 Å². The van der Waals surface area contributed by atoms with Crippen LogP contribution in [0.2, 0.25) is 0 Å². The summed E-state index contributed by atoms with van der Waals surface area (Å²) >= 11 is 0. The van der Waals surface area contributed by atoms with Crippen molar-refractivity contribution >= 4 is 21.6 Å². The van der Waals surface area contributed by atoms with Gasteiger partial charge in [0.05, 0.1) is 11.9 Å². The Balaban J connectivity index is 2.16. The van der Waals surface area contributed by atoms with E-state index in [-0.39, 0.29) is 11.9 Å². The Labute approximate surface area is 175 Å². The van der Waals surface area contributed by atoms with Gasteiger partial charge >= 0.3 is 0 Å². The second-order valence-electron chi connectivity index (χ2n) is 7.69. The van der Waals surface area contributed by atoms with Gasteiger partial charge in [-0.1, -0.05) is 43.3 Å². The average Bonchev–Trinajstić information content (AvgIpc) is 2.66. The second kappa shape index (κ2) is 9.92. The van der Waals surface area contributed by atoms with Crippen molar-refractivity contribution in [3.05, 3.63) is 65.2 Å². The number of hydrogen-bond acceptors (Lipinski definition) is 3. The molecule has 29 heavy (non-hydrogen) atoms. The van der Waals surface area contributed by atoms with Crippen LogP contribution in [0.3, 0.4) is 0 Å². The lowest BCUT2D eigenvalue weighted by molar-refractivity contribution is -0.122. The van der Waals surface area contributed by atoms with Crippen LogP contribution in [0.15, 0.2) is 48.5 Å². The quantitative estimate of drug-likeness (QED) is 0.672. The highest BCUT2D eigenvalue weighted by atomic mass is 32.2. The van der Waals surface area contributed by atoms with E-state index in [0.29, 0.717) is 12.1 Å². The van der Waals surface area contributed by atoms with Crippen LogP contribution in [0.5, 0.6) is 0 Å². The lowest BCUT2D eigenvalue weighted by Gasteiger charge is -2.31. The predicted octanol–water partition coefficient (Wildman–Crippen LogP) is 3.99. The van der Waals surface area contributed by atoms with E-state index in [1.165, 1.54) is 9.87 Å². The number of carbonyl (C=O) groups is 1. The number of anilines is 1. The van der Waals surface area contributed by atoms with Crippen LogP contribution in [0.4, 0.5) is 5.69 Å². The van der Waals surface area contributed by atoms with E-state index in [9.17, 15) is 13.2 Å². The van der Waals surface area contributed by atoms with Crippen molar-refractivity contribution < 1.29 is 13.2 Å². The van der Waals surface area contributed by atoms with E-state index in [1.807, 2.05) is 58.0 Å². The third-order valence-corrected chi connectivity index (χ3v) is 6.35. The van der Waals surface area contributed by atoms with Gasteiger partial charge in [0.2, 0.25) is 15.9 Å². The van der Waals surface area contributed by atoms with Crippen molar-refractivity contribution in [2.75, 3.05) is 10.6 Å². The zero-order valence-electron chi connectivity index (χ0n) is 18.0. The number of benzene rings is 2. The fourth-order valence-corrected chi connectivity index (χ4v) is 4.57. The summed E-state index contributed by atoms with van der Waals surface area (Å²) in [6, 6.07) is 14.7. The van der Waals surface area contributed by atoms with Gasteiger partial charge in [-0.15, -0.1) is 0 Å². The number of nitrogens with one attached hydrogen (secondary N) is 1. The molecule has 0 saturated carbocycles. The van der Waals surface area contributed by atoms with E-state index in [0.717, 1.165) is 30.2 Å². The molecule has 2 aromatic carbocycles. The normalized spacial score (nSPS) is 13.6. The first kappa shape index (κ1) is 22.9. The first-order chi connectivity index (χ1) is 13.6. The van der Waals surface area contributed by atoms with Gasteiger partial charge in [-0.2, -0.15) is 0 Å². The fraction of sp³-hybridized carbons (Fsp3) is 0.435. The molecule has 0 bridgehead atoms. The molecule has 0 unspecified atom stereocenters. The number of rotatable bonds is 9. The van der Waals surface area contributed by atoms with Crippen LogP contribution >= 0.6 is 0 Å². The van der Waals surface area contributed by atoms with Crippen molar-refractivity contribution in [2.45, 2.75) is 59.0 Å². The molecule has 0 aromatic heterocycles. The topological polar surface area (TPSA) is 66.5 Å². The van der Waals surface area contributed by atoms with Crippen LogP contribution in [0.1, 0.15) is 43.4 Å². The monoisotopic (exact) mass is 416 g/mol. The van der Waals surface area contributed by atoms with Gasteiger partial charge < -0.3 is 5.32 Å². The standard InChI is InChI=1S/C23H32N2O3S/c1-6-22(23(26)24-19(4)13-14-20-10-8-7-9-11-20)25(29(5,27)28)21-15-12-17(2)18(3)16-21/h7-12,15-16,19,22H,6,13-14H2,1-5H3,(H,24,26)/t19-,22-/m1/s1. The summed E-state index contributed by atoms with van der Waals surface area (Å²) in [5.41, 5.74) is 3.81. The zero-order valence-corrected chi connectivity index (χ0v) is 18.8. The van der Waals surface area contributed by atoms with Crippen molar-refractivity contribution in [1.82, 2.24) is 5.32 Å². The summed E-state index contributed by atoms with van der Waals surface area (Å²) in [5, 5.41) is 3.00. The smallest absolute Gasteiger partial charge is 0.244 e. The van der Waals surface area contributed by atoms with Gasteiger partial charge in [-0.05, 0) is 68.9 Å². The molecule has 1 N–H and O–H groups in total. The highest BCUT2D eigenvalue weighted by Crippen LogP contribution is 2.25. The maximum absolute atomic E-state index is 13.0. The number of nitrogens with zero attached hydrogens (tertiary/aromatic N) is 1. The minimum absolute atomic E-state index is 0.0575. The fourth-order valence-electron chi connectivity index (χ4n) is 3.36. The Morgan fingerprint density at radius 3 is 2.28 bits per heavy atom. The Bertz CT molecular complexity index is 926. The lowest BCUT2D eigenvalue weighted by atomic mass is 10.1. The Morgan fingerprint density at radius 1 is 1.07 bits per heavy atom. The molecule has 1 amide bonds. The summed E-state index contributed by atoms with van der Waals surface area (Å²) < 4.78 is 26.4. The van der Waals surface area contributed by atoms with Gasteiger partial charge in [0.1, 0.15) is 6.04 Å². The van der Waals surface area contributed by atoms with Crippen molar-refractivity contribution in [3.8, 4) is 0 Å². The molecule has 6 heteroatoms. The third-order valence-electron chi connectivity index (χ3n) is 5.17. The molecule has 2 aromatic rings. The average molecular weight is 417 g/mol. The van der Waals surface area contributed by atoms with E-state index in [1.54, 1.807) is 6.07 Å². The molecule has 0 spiro atoms. The van der Waals surface area contributed by atoms with Gasteiger partial charge in [0, 0.05) is 6.04 Å². The Kier molecular flexibility index (Phi) is 7.85. The molecule has 0 aliphatic carbocycles. The molecule has 0 aliphatic rings. The summed E-state index contributed by atoms with van der Waals surface area (Å²) in [5.74, 6) is -0.267. The summed E-state index contributed by atoms with van der Waals surface area (Å²) in [6.07, 6.45) is 3.18. The number of aryl methyl sites for hydroxylation is 3. The van der Waals surface area contributed by atoms with E-state index in [4.69, 9.17) is 0 Å². The number of carbonyl (C=O) groups excluding carboxylic acids is 1. The molecule has 2 rings (SSSR count). The maximum Gasteiger partial charge on any atom is 0.244 e. The van der Waals surface area contributed by atoms with E-state index >= 15 is 0 Å². The third kappa shape index (κ3) is 6.32. The second-order valence-corrected chi connectivity index (χ2v) is 9.54. The molecule has 0 aliphatic heterocycles. The molecule has 5 nitrogen and oxygen atoms in total. The van der Waals surface area contributed by atoms with E-state index < -0.39 is 16.1 Å². The molecule has 0 saturated heterocycles. The molecular formula is C23H32N2O3S. The minimum Gasteiger partial charge on any atom is -0.352 e. The molecule has 158 valence electrons. The summed E-state index contributed by atoms with van der Waals surface area (Å²) in [6.45, 7) is 7.70. The van der Waals surface area contributed by atoms with Gasteiger partial charge in [-0.25, -0.2) is 8.42 Å². The first-order valence-corrected chi connectivity index (χ1v) is 11.9. The lowest BCUT2D eigenvalue weighted by Crippen LogP contribution is -2.51. The summed E-state index contributed by atoms with van der Waals surface area (Å²) in [7, 11) is -3.62. The number of amides is 1. The molecule has 0 radical (unpaired) electrons. The Morgan fingerprint density at radius 2 is 1.72 bits per heavy atom. The number of hydrogen-bond donors (Lipinski definition) is 1. The SMILES string of the molecule is CC[C@H](C(=O)N[C@H](C)CCc1ccccc1)N(c1ccc(C)c(C)c1)S(C)(=O)=O. The predicted molar refractivity (Wildman–Crippen MR) is 120 cm³/mol. The van der Waals surface area contributed by atoms with Gasteiger partial charge in [0.15, 0.2) is 0 Å². The summed E-state index contributed by atoms with van der Waals surface area (Å²) in [4.78, 5) is 13.0. The maximum atomic E-state index is 13.0. The van der Waals surface area contributed by atoms with Gasteiger partial charge in [-0.3, -0.25) is 9.10 Å². The number of sulfonamides is 1. The van der Waals surface area contributed by atoms with E-state index in [2.05, 4.69) is 17.4 Å². The van der Waals surface area contributed by atoms with Crippen LogP contribution < -0.4 is 9.62 Å². The largest absolute Gasteiger partial charge is 0.352 e. The minimum atomic E-state index is -3.62. The molecule has 0 heterocycles. The molecule has 2 atom stereocenters. The van der Waals surface area contributed by atoms with Gasteiger partial charge in [0.25, 0.3) is 0 Å². The van der Waals surface area contributed by atoms with Crippen LogP contribution in [-0.4, -0.2) is 32.7 Å². The van der Waals surface area contributed by atoms with Crippen molar-refractivity contribution in [1.29, 1.82) is 0 Å². The van der Waals surface area contributed by atoms with Crippen LogP contribution in [-0.2, 0) is 21.2 Å². The van der Waals surface area contributed by atoms with Crippen molar-refractivity contribution in [2.24, 2.45) is 0 Å². The first-order valence-electron chi connectivity index (χ1n) is 10.0. The molecular weight excluding hydrogens is 384 g/mol.